The van der Waals surface area contributed by atoms with Crippen LogP contribution in [0.2, 0.25) is 5.02 Å². The normalized spacial score (nSPS) is 9.88. The first kappa shape index (κ1) is 11.4. The van der Waals surface area contributed by atoms with Gasteiger partial charge >= 0.3 is 0 Å². The molecule has 4 nitrogen and oxygen atoms in total. The quantitative estimate of drug-likeness (QED) is 0.781. The van der Waals surface area contributed by atoms with Crippen molar-refractivity contribution in [3.05, 3.63) is 41.2 Å². The molecule has 0 N–H and O–H groups in total. The average Bonchev–Trinajstić information content (AvgIpc) is 2.78. The lowest BCUT2D eigenvalue weighted by Gasteiger charge is -2.01. The second-order valence-corrected chi connectivity index (χ2v) is 3.85. The van der Waals surface area contributed by atoms with Crippen molar-refractivity contribution < 1.29 is 4.79 Å². The Balaban J connectivity index is 2.39. The zero-order valence-electron chi connectivity index (χ0n) is 8.80. The lowest BCUT2D eigenvalue weighted by atomic mass is 10.1. The van der Waals surface area contributed by atoms with Crippen molar-refractivity contribution in [2.24, 2.45) is 0 Å². The van der Waals surface area contributed by atoms with E-state index in [1.807, 2.05) is 6.07 Å². The maximum atomic E-state index is 10.6. The van der Waals surface area contributed by atoms with E-state index in [1.165, 1.54) is 4.68 Å². The van der Waals surface area contributed by atoms with E-state index in [-0.39, 0.29) is 6.54 Å². The molecule has 0 fully saturated rings. The van der Waals surface area contributed by atoms with Crippen LogP contribution in [0.25, 0.3) is 11.1 Å². The number of carbonyl (C=O) groups excluding carboxylic acids is 1. The van der Waals surface area contributed by atoms with E-state index in [0.717, 1.165) is 17.4 Å². The monoisotopic (exact) mass is 245 g/mol. The number of rotatable bonds is 3. The van der Waals surface area contributed by atoms with Crippen LogP contribution in [0.3, 0.4) is 0 Å². The van der Waals surface area contributed by atoms with E-state index in [1.54, 1.807) is 30.6 Å². The predicted octanol–water partition coefficient (Wildman–Crippen LogP) is 2.54. The fourth-order valence-corrected chi connectivity index (χ4v) is 1.80. The number of hydrogen-bond donors (Lipinski definition) is 0. The second-order valence-electron chi connectivity index (χ2n) is 3.44. The largest absolute Gasteiger partial charge is 0.298 e. The van der Waals surface area contributed by atoms with Crippen LogP contribution in [0.4, 0.5) is 0 Å². The smallest absolute Gasteiger partial charge is 0.150 e. The molecular formula is C12H8ClN3O. The van der Waals surface area contributed by atoms with Crippen LogP contribution in [0.1, 0.15) is 10.4 Å². The molecule has 0 aliphatic rings. The van der Waals surface area contributed by atoms with E-state index >= 15 is 0 Å². The zero-order chi connectivity index (χ0) is 12.3. The van der Waals surface area contributed by atoms with Crippen molar-refractivity contribution in [1.29, 1.82) is 5.26 Å². The van der Waals surface area contributed by atoms with Gasteiger partial charge in [-0.15, -0.1) is 0 Å². The van der Waals surface area contributed by atoms with Crippen LogP contribution in [-0.2, 0) is 6.54 Å². The SMILES string of the molecule is N#CCn1cc(-c2ccc(C=O)cc2Cl)cn1. The molecule has 0 amide bonds. The maximum Gasteiger partial charge on any atom is 0.150 e. The highest BCUT2D eigenvalue weighted by atomic mass is 35.5. The Morgan fingerprint density at radius 1 is 1.53 bits per heavy atom. The molecule has 0 aliphatic heterocycles. The number of carbonyl (C=O) groups is 1. The van der Waals surface area contributed by atoms with E-state index in [0.29, 0.717) is 10.6 Å². The molecule has 0 radical (unpaired) electrons. The highest BCUT2D eigenvalue weighted by Crippen LogP contribution is 2.27. The topological polar surface area (TPSA) is 58.7 Å². The Hall–Kier alpha value is -2.12. The van der Waals surface area contributed by atoms with Gasteiger partial charge < -0.3 is 0 Å². The Bertz CT molecular complexity index is 598. The van der Waals surface area contributed by atoms with Gasteiger partial charge in [-0.25, -0.2) is 0 Å². The number of halogens is 1. The molecule has 1 heterocycles. The number of hydrogen-bond acceptors (Lipinski definition) is 3. The van der Waals surface area contributed by atoms with E-state index < -0.39 is 0 Å². The van der Waals surface area contributed by atoms with Gasteiger partial charge in [0, 0.05) is 27.9 Å². The first-order valence-electron chi connectivity index (χ1n) is 4.89. The fourth-order valence-electron chi connectivity index (χ4n) is 1.50. The summed E-state index contributed by atoms with van der Waals surface area (Å²) in [5.41, 5.74) is 2.15. The minimum Gasteiger partial charge on any atom is -0.298 e. The van der Waals surface area contributed by atoms with Gasteiger partial charge in [-0.1, -0.05) is 23.7 Å². The van der Waals surface area contributed by atoms with Crippen molar-refractivity contribution in [1.82, 2.24) is 9.78 Å². The molecule has 0 bridgehead atoms. The summed E-state index contributed by atoms with van der Waals surface area (Å²) in [5.74, 6) is 0. The molecule has 17 heavy (non-hydrogen) atoms. The summed E-state index contributed by atoms with van der Waals surface area (Å²) in [5, 5.41) is 13.1. The van der Waals surface area contributed by atoms with Gasteiger partial charge in [-0.3, -0.25) is 9.48 Å². The van der Waals surface area contributed by atoms with Gasteiger partial charge in [0.05, 0.1) is 12.3 Å². The van der Waals surface area contributed by atoms with Gasteiger partial charge in [0.15, 0.2) is 0 Å². The standard InChI is InChI=1S/C12H8ClN3O/c13-12-5-9(8-17)1-2-11(12)10-6-15-16(7-10)4-3-14/h1-2,5-8H,4H2. The molecule has 5 heteroatoms. The summed E-state index contributed by atoms with van der Waals surface area (Å²) < 4.78 is 1.53. The number of aldehydes is 1. The summed E-state index contributed by atoms with van der Waals surface area (Å²) in [6, 6.07) is 7.06. The molecule has 0 atom stereocenters. The Labute approximate surface area is 103 Å². The molecule has 1 aromatic heterocycles. The molecule has 0 saturated heterocycles. The molecular weight excluding hydrogens is 238 g/mol. The molecule has 2 rings (SSSR count). The van der Waals surface area contributed by atoms with Crippen molar-refractivity contribution in [3.8, 4) is 17.2 Å². The molecule has 0 aliphatic carbocycles. The third-order valence-electron chi connectivity index (χ3n) is 2.31. The van der Waals surface area contributed by atoms with Crippen LogP contribution >= 0.6 is 11.6 Å². The zero-order valence-corrected chi connectivity index (χ0v) is 9.55. The Morgan fingerprint density at radius 2 is 2.35 bits per heavy atom. The molecule has 1 aromatic carbocycles. The van der Waals surface area contributed by atoms with Crippen molar-refractivity contribution >= 4 is 17.9 Å². The Morgan fingerprint density at radius 3 is 3.00 bits per heavy atom. The second kappa shape index (κ2) is 4.81. The minimum atomic E-state index is 0.198. The number of benzene rings is 1. The lowest BCUT2D eigenvalue weighted by Crippen LogP contribution is -1.94. The van der Waals surface area contributed by atoms with Crippen LogP contribution in [0, 0.1) is 11.3 Å². The first-order chi connectivity index (χ1) is 8.24. The third kappa shape index (κ3) is 2.35. The predicted molar refractivity (Wildman–Crippen MR) is 63.7 cm³/mol. The van der Waals surface area contributed by atoms with E-state index in [4.69, 9.17) is 16.9 Å². The number of nitrogens with zero attached hydrogens (tertiary/aromatic N) is 3. The summed E-state index contributed by atoms with van der Waals surface area (Å²) >= 11 is 6.07. The summed E-state index contributed by atoms with van der Waals surface area (Å²) in [6.45, 7) is 0.198. The summed E-state index contributed by atoms with van der Waals surface area (Å²) in [7, 11) is 0. The van der Waals surface area contributed by atoms with Gasteiger partial charge in [0.25, 0.3) is 0 Å². The highest BCUT2D eigenvalue weighted by molar-refractivity contribution is 6.33. The van der Waals surface area contributed by atoms with Crippen LogP contribution in [0.5, 0.6) is 0 Å². The van der Waals surface area contributed by atoms with Gasteiger partial charge in [-0.05, 0) is 6.07 Å². The Kier molecular flexibility index (Phi) is 3.22. The molecule has 2 aromatic rings. The lowest BCUT2D eigenvalue weighted by molar-refractivity contribution is 0.112. The van der Waals surface area contributed by atoms with Crippen LogP contribution in [0.15, 0.2) is 30.6 Å². The van der Waals surface area contributed by atoms with Crippen molar-refractivity contribution in [2.45, 2.75) is 6.54 Å². The fraction of sp³-hybridized carbons (Fsp3) is 0.0833. The third-order valence-corrected chi connectivity index (χ3v) is 2.62. The summed E-state index contributed by atoms with van der Waals surface area (Å²) in [4.78, 5) is 10.6. The van der Waals surface area contributed by atoms with Crippen molar-refractivity contribution in [3.63, 3.8) is 0 Å². The first-order valence-corrected chi connectivity index (χ1v) is 5.27. The van der Waals surface area contributed by atoms with Crippen molar-refractivity contribution in [2.75, 3.05) is 0 Å². The average molecular weight is 246 g/mol. The molecule has 0 saturated carbocycles. The minimum absolute atomic E-state index is 0.198. The van der Waals surface area contributed by atoms with E-state index in [2.05, 4.69) is 5.10 Å². The molecule has 0 spiro atoms. The van der Waals surface area contributed by atoms with Gasteiger partial charge in [0.2, 0.25) is 0 Å². The highest BCUT2D eigenvalue weighted by Gasteiger charge is 2.06. The summed E-state index contributed by atoms with van der Waals surface area (Å²) in [6.07, 6.45) is 4.12. The molecule has 0 unspecified atom stereocenters. The van der Waals surface area contributed by atoms with Gasteiger partial charge in [-0.2, -0.15) is 10.4 Å². The van der Waals surface area contributed by atoms with Gasteiger partial charge in [0.1, 0.15) is 12.8 Å². The molecule has 84 valence electrons. The van der Waals surface area contributed by atoms with Crippen LogP contribution in [-0.4, -0.2) is 16.1 Å². The number of nitriles is 1. The van der Waals surface area contributed by atoms with Crippen LogP contribution < -0.4 is 0 Å². The van der Waals surface area contributed by atoms with E-state index in [9.17, 15) is 4.79 Å². The number of aromatic nitrogens is 2. The maximum absolute atomic E-state index is 10.6.